The molecule has 0 aliphatic carbocycles. The van der Waals surface area contributed by atoms with E-state index in [1.807, 2.05) is 6.08 Å². The monoisotopic (exact) mass is 362 g/mol. The molecular weight excluding hydrogens is 347 g/mol. The number of nitrogens with zero attached hydrogens (tertiary/aromatic N) is 1. The Morgan fingerprint density at radius 1 is 1.40 bits per heavy atom. The molecule has 0 atom stereocenters. The van der Waals surface area contributed by atoms with Crippen LogP contribution in [0.2, 0.25) is 0 Å². The minimum absolute atomic E-state index is 0.271. The summed E-state index contributed by atoms with van der Waals surface area (Å²) in [5.41, 5.74) is 0.327. The van der Waals surface area contributed by atoms with Crippen LogP contribution < -0.4 is 5.32 Å². The number of sulfonamides is 1. The number of hydrogen-bond donors (Lipinski definition) is 1. The fraction of sp³-hybridized carbons (Fsp3) is 0.385. The average Bonchev–Trinajstić information content (AvgIpc) is 2.43. The molecule has 4 nitrogen and oxygen atoms in total. The lowest BCUT2D eigenvalue weighted by Gasteiger charge is -2.23. The highest BCUT2D eigenvalue weighted by molar-refractivity contribution is 9.10. The quantitative estimate of drug-likeness (QED) is 0.835. The van der Waals surface area contributed by atoms with Crippen LogP contribution in [0.4, 0.5) is 4.39 Å². The summed E-state index contributed by atoms with van der Waals surface area (Å²) in [6, 6.07) is 2.91. The Hall–Kier alpha value is -0.760. The van der Waals surface area contributed by atoms with E-state index in [1.165, 1.54) is 10.4 Å². The molecule has 0 bridgehead atoms. The van der Waals surface area contributed by atoms with Crippen LogP contribution in [-0.4, -0.2) is 32.9 Å². The summed E-state index contributed by atoms with van der Waals surface area (Å²) in [5, 5.41) is 2.83. The van der Waals surface area contributed by atoms with Gasteiger partial charge in [-0.3, -0.25) is 0 Å². The van der Waals surface area contributed by atoms with Gasteiger partial charge in [0, 0.05) is 29.7 Å². The second kappa shape index (κ2) is 6.34. The number of benzene rings is 1. The van der Waals surface area contributed by atoms with E-state index in [0.29, 0.717) is 23.0 Å². The Labute approximate surface area is 126 Å². The van der Waals surface area contributed by atoms with Gasteiger partial charge in [-0.2, -0.15) is 4.31 Å². The molecule has 1 aliphatic heterocycles. The van der Waals surface area contributed by atoms with Crippen molar-refractivity contribution in [3.63, 3.8) is 0 Å². The summed E-state index contributed by atoms with van der Waals surface area (Å²) in [4.78, 5) is -0.271. The van der Waals surface area contributed by atoms with Crippen molar-refractivity contribution in [1.29, 1.82) is 0 Å². The molecule has 20 heavy (non-hydrogen) atoms. The van der Waals surface area contributed by atoms with Gasteiger partial charge in [0.05, 0.1) is 0 Å². The number of hydrogen-bond acceptors (Lipinski definition) is 3. The third-order valence-electron chi connectivity index (χ3n) is 3.09. The molecule has 110 valence electrons. The van der Waals surface area contributed by atoms with Crippen LogP contribution in [0.3, 0.4) is 0 Å². The van der Waals surface area contributed by atoms with E-state index < -0.39 is 15.8 Å². The third kappa shape index (κ3) is 3.11. The first kappa shape index (κ1) is 15.6. The summed E-state index contributed by atoms with van der Waals surface area (Å²) >= 11 is 3.24. The molecule has 0 radical (unpaired) electrons. The summed E-state index contributed by atoms with van der Waals surface area (Å²) in [6.45, 7) is 0.940. The van der Waals surface area contributed by atoms with Gasteiger partial charge >= 0.3 is 0 Å². The van der Waals surface area contributed by atoms with E-state index in [0.717, 1.165) is 0 Å². The number of rotatable bonds is 4. The van der Waals surface area contributed by atoms with Gasteiger partial charge in [-0.15, -0.1) is 0 Å². The molecule has 0 saturated carbocycles. The van der Waals surface area contributed by atoms with E-state index >= 15 is 0 Å². The maximum Gasteiger partial charge on any atom is 0.246 e. The van der Waals surface area contributed by atoms with Gasteiger partial charge < -0.3 is 5.32 Å². The highest BCUT2D eigenvalue weighted by atomic mass is 79.9. The normalized spacial score (nSPS) is 16.6. The van der Waals surface area contributed by atoms with Gasteiger partial charge in [0.1, 0.15) is 10.7 Å². The minimum Gasteiger partial charge on any atom is -0.316 e. The standard InChI is InChI=1S/C13H16BrFN2O2S/c1-16-9-10-7-11(14)8-12(13(10)15)20(18,19)17-5-3-2-4-6-17/h2-3,7-8,16H,4-6,9H2,1H3. The highest BCUT2D eigenvalue weighted by Crippen LogP contribution is 2.27. The molecule has 1 heterocycles. The lowest BCUT2D eigenvalue weighted by molar-refractivity contribution is 0.432. The van der Waals surface area contributed by atoms with Crippen LogP contribution in [0.25, 0.3) is 0 Å². The fourth-order valence-electron chi connectivity index (χ4n) is 2.10. The van der Waals surface area contributed by atoms with Gasteiger partial charge in [-0.25, -0.2) is 12.8 Å². The Bertz CT molecular complexity index is 632. The molecule has 1 aliphatic rings. The Morgan fingerprint density at radius 2 is 2.15 bits per heavy atom. The first-order valence-corrected chi connectivity index (χ1v) is 8.48. The molecule has 0 aromatic heterocycles. The summed E-state index contributed by atoms with van der Waals surface area (Å²) in [7, 11) is -2.12. The summed E-state index contributed by atoms with van der Waals surface area (Å²) in [6.07, 6.45) is 4.36. The van der Waals surface area contributed by atoms with Crippen LogP contribution in [0, 0.1) is 5.82 Å². The predicted molar refractivity (Wildman–Crippen MR) is 79.4 cm³/mol. The van der Waals surface area contributed by atoms with Gasteiger partial charge in [-0.05, 0) is 25.6 Å². The Morgan fingerprint density at radius 3 is 2.75 bits per heavy atom. The fourth-order valence-corrected chi connectivity index (χ4v) is 4.30. The molecule has 1 N–H and O–H groups in total. The molecule has 0 unspecified atom stereocenters. The molecular formula is C13H16BrFN2O2S. The summed E-state index contributed by atoms with van der Waals surface area (Å²) < 4.78 is 41.3. The molecule has 0 fully saturated rings. The molecule has 0 spiro atoms. The van der Waals surface area contributed by atoms with Crippen LogP contribution >= 0.6 is 15.9 Å². The topological polar surface area (TPSA) is 49.4 Å². The maximum absolute atomic E-state index is 14.4. The van der Waals surface area contributed by atoms with Crippen molar-refractivity contribution in [2.24, 2.45) is 0 Å². The van der Waals surface area contributed by atoms with Gasteiger partial charge in [0.2, 0.25) is 10.0 Å². The zero-order valence-corrected chi connectivity index (χ0v) is 13.5. The van der Waals surface area contributed by atoms with Crippen LogP contribution in [0.5, 0.6) is 0 Å². The van der Waals surface area contributed by atoms with Crippen molar-refractivity contribution >= 4 is 26.0 Å². The van der Waals surface area contributed by atoms with Crippen LogP contribution in [-0.2, 0) is 16.6 Å². The van der Waals surface area contributed by atoms with Crippen LogP contribution in [0.1, 0.15) is 12.0 Å². The van der Waals surface area contributed by atoms with Crippen LogP contribution in [0.15, 0.2) is 33.7 Å². The van der Waals surface area contributed by atoms with Gasteiger partial charge in [-0.1, -0.05) is 28.1 Å². The zero-order valence-electron chi connectivity index (χ0n) is 11.1. The average molecular weight is 363 g/mol. The van der Waals surface area contributed by atoms with Crippen molar-refractivity contribution in [3.05, 3.63) is 40.1 Å². The Balaban J connectivity index is 2.48. The predicted octanol–water partition coefficient (Wildman–Crippen LogP) is 2.26. The minimum atomic E-state index is -3.81. The molecule has 1 aromatic rings. The van der Waals surface area contributed by atoms with Gasteiger partial charge in [0.15, 0.2) is 0 Å². The van der Waals surface area contributed by atoms with Crippen molar-refractivity contribution in [3.8, 4) is 0 Å². The lowest BCUT2D eigenvalue weighted by Crippen LogP contribution is -2.34. The molecule has 1 aromatic carbocycles. The van der Waals surface area contributed by atoms with Crippen molar-refractivity contribution in [2.45, 2.75) is 17.9 Å². The SMILES string of the molecule is CNCc1cc(Br)cc(S(=O)(=O)N2CC=CCC2)c1F. The van der Waals surface area contributed by atoms with Crippen molar-refractivity contribution in [1.82, 2.24) is 9.62 Å². The van der Waals surface area contributed by atoms with Crippen molar-refractivity contribution in [2.75, 3.05) is 20.1 Å². The van der Waals surface area contributed by atoms with E-state index in [1.54, 1.807) is 19.2 Å². The second-order valence-electron chi connectivity index (χ2n) is 4.53. The van der Waals surface area contributed by atoms with E-state index in [4.69, 9.17) is 0 Å². The maximum atomic E-state index is 14.4. The number of halogens is 2. The highest BCUT2D eigenvalue weighted by Gasteiger charge is 2.29. The molecule has 7 heteroatoms. The first-order chi connectivity index (χ1) is 9.46. The van der Waals surface area contributed by atoms with Gasteiger partial charge in [0.25, 0.3) is 0 Å². The molecule has 0 saturated heterocycles. The molecule has 0 amide bonds. The van der Waals surface area contributed by atoms with E-state index in [-0.39, 0.29) is 18.0 Å². The number of nitrogens with one attached hydrogen (secondary N) is 1. The van der Waals surface area contributed by atoms with Crippen molar-refractivity contribution < 1.29 is 12.8 Å². The zero-order chi connectivity index (χ0) is 14.8. The van der Waals surface area contributed by atoms with E-state index in [9.17, 15) is 12.8 Å². The van der Waals surface area contributed by atoms with E-state index in [2.05, 4.69) is 21.2 Å². The summed E-state index contributed by atoms with van der Waals surface area (Å²) in [5.74, 6) is -0.683. The molecule has 2 rings (SSSR count). The third-order valence-corrected chi connectivity index (χ3v) is 5.41. The Kier molecular flexibility index (Phi) is 4.95. The lowest BCUT2D eigenvalue weighted by atomic mass is 10.2. The second-order valence-corrected chi connectivity index (χ2v) is 7.35. The smallest absolute Gasteiger partial charge is 0.246 e. The first-order valence-electron chi connectivity index (χ1n) is 6.24. The largest absolute Gasteiger partial charge is 0.316 e.